The monoisotopic (exact) mass is 378 g/mol. The molecule has 0 nitrogen and oxygen atoms in total. The summed E-state index contributed by atoms with van der Waals surface area (Å²) in [5.74, 6) is -2.69. The first-order valence-electron chi connectivity index (χ1n) is 9.92. The lowest BCUT2D eigenvalue weighted by molar-refractivity contribution is 0.304. The van der Waals surface area contributed by atoms with Gasteiger partial charge in [0.2, 0.25) is 0 Å². The predicted octanol–water partition coefficient (Wildman–Crippen LogP) is 7.55. The molecule has 0 amide bonds. The molecule has 0 heterocycles. The fourth-order valence-corrected chi connectivity index (χ4v) is 4.32. The van der Waals surface area contributed by atoms with Crippen molar-refractivity contribution in [2.45, 2.75) is 64.7 Å². The van der Waals surface area contributed by atoms with Crippen LogP contribution in [0.2, 0.25) is 0 Å². The molecular formula is C23H26F4. The van der Waals surface area contributed by atoms with E-state index in [9.17, 15) is 17.6 Å². The van der Waals surface area contributed by atoms with Crippen molar-refractivity contribution >= 4 is 0 Å². The van der Waals surface area contributed by atoms with Crippen LogP contribution in [0.3, 0.4) is 0 Å². The molecule has 3 rings (SSSR count). The number of halogens is 4. The van der Waals surface area contributed by atoms with Crippen LogP contribution in [0.1, 0.15) is 69.4 Å². The lowest BCUT2D eigenvalue weighted by atomic mass is 9.77. The third kappa shape index (κ3) is 4.04. The van der Waals surface area contributed by atoms with Gasteiger partial charge in [-0.3, -0.25) is 0 Å². The predicted molar refractivity (Wildman–Crippen MR) is 101 cm³/mol. The molecule has 0 spiro atoms. The minimum atomic E-state index is -1.12. The van der Waals surface area contributed by atoms with Crippen LogP contribution in [0.15, 0.2) is 24.3 Å². The Kier molecular flexibility index (Phi) is 6.23. The van der Waals surface area contributed by atoms with Crippen LogP contribution in [0.4, 0.5) is 17.6 Å². The van der Waals surface area contributed by atoms with Gasteiger partial charge in [-0.25, -0.2) is 17.6 Å². The smallest absolute Gasteiger partial charge is 0.167 e. The topological polar surface area (TPSA) is 0 Å². The highest BCUT2D eigenvalue weighted by Crippen LogP contribution is 2.40. The number of hydrogen-bond acceptors (Lipinski definition) is 0. The summed E-state index contributed by atoms with van der Waals surface area (Å²) >= 11 is 0. The van der Waals surface area contributed by atoms with Crippen molar-refractivity contribution in [3.05, 3.63) is 58.7 Å². The highest BCUT2D eigenvalue weighted by molar-refractivity contribution is 5.66. The largest absolute Gasteiger partial charge is 0.207 e. The Morgan fingerprint density at radius 3 is 2.15 bits per heavy atom. The normalized spacial score (nSPS) is 20.1. The van der Waals surface area contributed by atoms with Gasteiger partial charge >= 0.3 is 0 Å². The Bertz CT molecular complexity index is 805. The zero-order valence-corrected chi connectivity index (χ0v) is 15.9. The van der Waals surface area contributed by atoms with Gasteiger partial charge in [0.25, 0.3) is 0 Å². The first-order valence-corrected chi connectivity index (χ1v) is 9.92. The maximum atomic E-state index is 14.7. The quantitative estimate of drug-likeness (QED) is 0.471. The molecule has 4 heteroatoms. The van der Waals surface area contributed by atoms with Crippen molar-refractivity contribution in [1.29, 1.82) is 0 Å². The molecule has 2 aromatic rings. The van der Waals surface area contributed by atoms with Crippen molar-refractivity contribution < 1.29 is 17.6 Å². The Labute approximate surface area is 158 Å². The van der Waals surface area contributed by atoms with E-state index in [-0.39, 0.29) is 22.6 Å². The van der Waals surface area contributed by atoms with E-state index >= 15 is 0 Å². The molecule has 0 radical (unpaired) electrons. The van der Waals surface area contributed by atoms with E-state index in [0.29, 0.717) is 17.9 Å². The maximum absolute atomic E-state index is 14.7. The minimum Gasteiger partial charge on any atom is -0.207 e. The van der Waals surface area contributed by atoms with Crippen molar-refractivity contribution in [2.75, 3.05) is 0 Å². The molecule has 1 aliphatic carbocycles. The highest BCUT2D eigenvalue weighted by atomic mass is 19.2. The fourth-order valence-electron chi connectivity index (χ4n) is 4.32. The van der Waals surface area contributed by atoms with E-state index in [1.807, 2.05) is 0 Å². The third-order valence-corrected chi connectivity index (χ3v) is 5.90. The van der Waals surface area contributed by atoms with E-state index in [2.05, 4.69) is 6.92 Å². The first-order chi connectivity index (χ1) is 13.0. The number of hydrogen-bond donors (Lipinski definition) is 0. The summed E-state index contributed by atoms with van der Waals surface area (Å²) in [4.78, 5) is 0. The lowest BCUT2D eigenvalue weighted by Gasteiger charge is -2.29. The Balaban J connectivity index is 1.89. The van der Waals surface area contributed by atoms with Crippen LogP contribution in [-0.2, 0) is 6.42 Å². The van der Waals surface area contributed by atoms with E-state index in [4.69, 9.17) is 0 Å². The van der Waals surface area contributed by atoms with Gasteiger partial charge in [0.05, 0.1) is 0 Å². The van der Waals surface area contributed by atoms with Crippen molar-refractivity contribution in [3.8, 4) is 11.1 Å². The van der Waals surface area contributed by atoms with Gasteiger partial charge in [0, 0.05) is 11.1 Å². The van der Waals surface area contributed by atoms with Gasteiger partial charge in [-0.2, -0.15) is 0 Å². The molecule has 27 heavy (non-hydrogen) atoms. The van der Waals surface area contributed by atoms with Crippen LogP contribution in [0.25, 0.3) is 11.1 Å². The van der Waals surface area contributed by atoms with E-state index in [1.165, 1.54) is 24.6 Å². The summed E-state index contributed by atoms with van der Waals surface area (Å²) in [6.07, 6.45) is 6.40. The molecular weight excluding hydrogens is 352 g/mol. The Hall–Kier alpha value is -1.84. The third-order valence-electron chi connectivity index (χ3n) is 5.90. The molecule has 146 valence electrons. The molecule has 1 fully saturated rings. The van der Waals surface area contributed by atoms with Crippen molar-refractivity contribution in [2.24, 2.45) is 5.92 Å². The standard InChI is InChI=1S/C23H26F4/c1-3-5-14-6-8-16(9-7-14)18-12-21(25)19(13-20(18)24)17-11-10-15(4-2)22(26)23(17)27/h10-14,16H,3-9H2,1-2H3. The molecule has 0 unspecified atom stereocenters. The summed E-state index contributed by atoms with van der Waals surface area (Å²) in [6.45, 7) is 3.87. The second-order valence-corrected chi connectivity index (χ2v) is 7.61. The van der Waals surface area contributed by atoms with Crippen LogP contribution in [0.5, 0.6) is 0 Å². The van der Waals surface area contributed by atoms with E-state index in [1.54, 1.807) is 6.92 Å². The molecule has 0 aliphatic heterocycles. The first kappa shape index (κ1) is 19.9. The van der Waals surface area contributed by atoms with Crippen LogP contribution in [0, 0.1) is 29.2 Å². The molecule has 0 aromatic heterocycles. The maximum Gasteiger partial charge on any atom is 0.167 e. The van der Waals surface area contributed by atoms with Gasteiger partial charge in [-0.15, -0.1) is 0 Å². The summed E-state index contributed by atoms with van der Waals surface area (Å²) in [5.41, 5.74) is 0.115. The molecule has 0 saturated heterocycles. The van der Waals surface area contributed by atoms with Crippen molar-refractivity contribution in [3.63, 3.8) is 0 Å². The fraction of sp³-hybridized carbons (Fsp3) is 0.478. The highest BCUT2D eigenvalue weighted by Gasteiger charge is 2.26. The summed E-state index contributed by atoms with van der Waals surface area (Å²) < 4.78 is 57.9. The SMILES string of the molecule is CCCC1CCC(c2cc(F)c(-c3ccc(CC)c(F)c3F)cc2F)CC1. The molecule has 0 atom stereocenters. The molecule has 0 bridgehead atoms. The summed E-state index contributed by atoms with van der Waals surface area (Å²) in [5, 5.41) is 0. The van der Waals surface area contributed by atoms with E-state index in [0.717, 1.165) is 38.2 Å². The Morgan fingerprint density at radius 2 is 1.52 bits per heavy atom. The lowest BCUT2D eigenvalue weighted by Crippen LogP contribution is -2.14. The van der Waals surface area contributed by atoms with Crippen LogP contribution < -0.4 is 0 Å². The number of rotatable bonds is 5. The molecule has 1 saturated carbocycles. The Morgan fingerprint density at radius 1 is 0.815 bits per heavy atom. The molecule has 0 N–H and O–H groups in total. The van der Waals surface area contributed by atoms with Gasteiger partial charge in [0.15, 0.2) is 11.6 Å². The summed E-state index contributed by atoms with van der Waals surface area (Å²) in [7, 11) is 0. The zero-order valence-electron chi connectivity index (χ0n) is 15.9. The van der Waals surface area contributed by atoms with E-state index < -0.39 is 23.3 Å². The van der Waals surface area contributed by atoms with Crippen LogP contribution in [-0.4, -0.2) is 0 Å². The average Bonchev–Trinajstić information content (AvgIpc) is 2.67. The van der Waals surface area contributed by atoms with Gasteiger partial charge in [0.1, 0.15) is 11.6 Å². The number of aryl methyl sites for hydroxylation is 1. The van der Waals surface area contributed by atoms with Gasteiger partial charge < -0.3 is 0 Å². The zero-order chi connectivity index (χ0) is 19.6. The molecule has 2 aromatic carbocycles. The van der Waals surface area contributed by atoms with Gasteiger partial charge in [-0.1, -0.05) is 38.8 Å². The number of benzene rings is 2. The minimum absolute atomic E-state index is 0.00861. The molecule has 1 aliphatic rings. The van der Waals surface area contributed by atoms with Crippen LogP contribution >= 0.6 is 0 Å². The average molecular weight is 378 g/mol. The second kappa shape index (κ2) is 8.45. The van der Waals surface area contributed by atoms with Crippen molar-refractivity contribution in [1.82, 2.24) is 0 Å². The van der Waals surface area contributed by atoms with Gasteiger partial charge in [-0.05, 0) is 67.2 Å². The second-order valence-electron chi connectivity index (χ2n) is 7.61. The summed E-state index contributed by atoms with van der Waals surface area (Å²) in [6, 6.07) is 4.95.